The molecule has 3 nitrogen and oxygen atoms in total. The van der Waals surface area contributed by atoms with E-state index in [1.807, 2.05) is 6.07 Å². The van der Waals surface area contributed by atoms with Crippen LogP contribution in [0.1, 0.15) is 79.5 Å². The van der Waals surface area contributed by atoms with Crippen molar-refractivity contribution in [3.8, 4) is 56.4 Å². The second-order valence-corrected chi connectivity index (χ2v) is 16.3. The lowest BCUT2D eigenvalue weighted by atomic mass is 9.62. The first-order chi connectivity index (χ1) is 25.2. The van der Waals surface area contributed by atoms with Gasteiger partial charge < -0.3 is 0 Å². The fourth-order valence-corrected chi connectivity index (χ4v) is 9.54. The summed E-state index contributed by atoms with van der Waals surface area (Å²) in [4.78, 5) is 15.7. The van der Waals surface area contributed by atoms with Gasteiger partial charge >= 0.3 is 0 Å². The van der Waals surface area contributed by atoms with Crippen molar-refractivity contribution < 1.29 is 0 Å². The van der Waals surface area contributed by atoms with Gasteiger partial charge in [0.25, 0.3) is 0 Å². The van der Waals surface area contributed by atoms with Crippen LogP contribution in [0, 0.1) is 6.92 Å². The highest BCUT2D eigenvalue weighted by atomic mass is 15.0. The Kier molecular flexibility index (Phi) is 6.53. The van der Waals surface area contributed by atoms with Crippen LogP contribution in [0.15, 0.2) is 133 Å². The predicted octanol–water partition coefficient (Wildman–Crippen LogP) is 11.9. The van der Waals surface area contributed by atoms with Crippen molar-refractivity contribution in [3.63, 3.8) is 0 Å². The van der Waals surface area contributed by atoms with Gasteiger partial charge in [0.2, 0.25) is 0 Å². The summed E-state index contributed by atoms with van der Waals surface area (Å²) in [5, 5.41) is 0. The average molecular weight is 672 g/mol. The largest absolute Gasteiger partial charge is 0.208 e. The van der Waals surface area contributed by atoms with Gasteiger partial charge in [-0.25, -0.2) is 15.0 Å². The highest BCUT2D eigenvalue weighted by Gasteiger charge is 2.51. The Morgan fingerprint density at radius 3 is 1.44 bits per heavy atom. The van der Waals surface area contributed by atoms with Crippen LogP contribution in [-0.2, 0) is 16.2 Å². The number of hydrogen-bond donors (Lipinski definition) is 0. The van der Waals surface area contributed by atoms with Gasteiger partial charge in [-0.2, -0.15) is 0 Å². The summed E-state index contributed by atoms with van der Waals surface area (Å²) in [5.74, 6) is 2.10. The number of rotatable bonds is 3. The van der Waals surface area contributed by atoms with Crippen molar-refractivity contribution >= 4 is 0 Å². The Morgan fingerprint density at radius 1 is 0.385 bits per heavy atom. The second-order valence-electron chi connectivity index (χ2n) is 16.3. The molecule has 0 N–H and O–H groups in total. The smallest absolute Gasteiger partial charge is 0.164 e. The Balaban J connectivity index is 1.20. The first kappa shape index (κ1) is 31.1. The highest BCUT2D eigenvalue weighted by Crippen LogP contribution is 2.63. The summed E-state index contributed by atoms with van der Waals surface area (Å²) in [5.41, 5.74) is 17.4. The zero-order valence-corrected chi connectivity index (χ0v) is 30.5. The van der Waals surface area contributed by atoms with Crippen molar-refractivity contribution in [3.05, 3.63) is 172 Å². The van der Waals surface area contributed by atoms with E-state index in [1.165, 1.54) is 67.6 Å². The molecule has 0 unspecified atom stereocenters. The third kappa shape index (κ3) is 4.29. The van der Waals surface area contributed by atoms with E-state index in [4.69, 9.17) is 15.0 Å². The zero-order chi connectivity index (χ0) is 35.4. The molecule has 0 aliphatic heterocycles. The summed E-state index contributed by atoms with van der Waals surface area (Å²) in [6.45, 7) is 11.7. The number of aryl methyl sites for hydroxylation is 1. The molecule has 0 amide bonds. The molecule has 0 bridgehead atoms. The molecule has 0 radical (unpaired) electrons. The van der Waals surface area contributed by atoms with E-state index in [0.29, 0.717) is 11.6 Å². The van der Waals surface area contributed by atoms with Crippen LogP contribution in [0.5, 0.6) is 0 Å². The van der Waals surface area contributed by atoms with E-state index < -0.39 is 0 Å². The van der Waals surface area contributed by atoms with Gasteiger partial charge in [-0.1, -0.05) is 149 Å². The number of nitrogens with zero attached hydrogens (tertiary/aromatic N) is 3. The first-order valence-corrected chi connectivity index (χ1v) is 18.6. The molecular weight excluding hydrogens is 631 g/mol. The van der Waals surface area contributed by atoms with Crippen LogP contribution < -0.4 is 0 Å². The fourth-order valence-electron chi connectivity index (χ4n) is 9.54. The molecule has 0 saturated heterocycles. The molecule has 7 aromatic rings. The van der Waals surface area contributed by atoms with Crippen LogP contribution >= 0.6 is 0 Å². The van der Waals surface area contributed by atoms with Gasteiger partial charge in [0.05, 0.1) is 5.41 Å². The molecular formula is C49H41N3. The lowest BCUT2D eigenvalue weighted by Crippen LogP contribution is -2.34. The fraction of sp³-hybridized carbons (Fsp3) is 0.204. The maximum absolute atomic E-state index is 5.31. The molecule has 1 aromatic heterocycles. The normalized spacial score (nSPS) is 16.5. The molecule has 52 heavy (non-hydrogen) atoms. The first-order valence-electron chi connectivity index (χ1n) is 18.6. The van der Waals surface area contributed by atoms with Gasteiger partial charge in [0.1, 0.15) is 0 Å². The van der Waals surface area contributed by atoms with Crippen LogP contribution in [0.4, 0.5) is 0 Å². The van der Waals surface area contributed by atoms with Crippen molar-refractivity contribution in [2.75, 3.05) is 0 Å². The number of fused-ring (bicyclic) bond motifs is 11. The van der Waals surface area contributed by atoms with Gasteiger partial charge in [-0.3, -0.25) is 0 Å². The molecule has 3 heteroatoms. The Labute approximate surface area is 306 Å². The van der Waals surface area contributed by atoms with Gasteiger partial charge in [0, 0.05) is 16.7 Å². The molecule has 1 spiro atoms. The minimum absolute atomic E-state index is 0.0756. The SMILES string of the molecule is Cc1cc2c(cc1-c1nc(-c3ccccc3)nc(-c3ccc4c(c3)-c3ccccc3C43c4ccccc4-c4ccccc43)n1)C(C)(C)CCC2(C)C. The van der Waals surface area contributed by atoms with Crippen LogP contribution in [0.25, 0.3) is 56.4 Å². The standard InChI is InChI=1S/C49H41N3/c1-30-27-42-43(48(4,5)26-25-47(42,2)3)29-36(30)46-51-44(31-15-7-6-8-16-31)50-45(52-46)32-23-24-41-37(28-32)35-19-11-14-22-40(35)49(41)38-20-12-9-17-33(38)34-18-10-13-21-39(34)49/h6-24,27-29H,25-26H2,1-5H3. The Morgan fingerprint density at radius 2 is 0.846 bits per heavy atom. The summed E-state index contributed by atoms with van der Waals surface area (Å²) >= 11 is 0. The van der Waals surface area contributed by atoms with Crippen molar-refractivity contribution in [1.29, 1.82) is 0 Å². The molecule has 3 aliphatic carbocycles. The molecule has 1 heterocycles. The molecule has 0 atom stereocenters. The van der Waals surface area contributed by atoms with E-state index >= 15 is 0 Å². The third-order valence-corrected chi connectivity index (χ3v) is 12.4. The topological polar surface area (TPSA) is 38.7 Å². The molecule has 0 fully saturated rings. The summed E-state index contributed by atoms with van der Waals surface area (Å²) in [6, 6.07) is 48.8. The second kappa shape index (κ2) is 10.9. The van der Waals surface area contributed by atoms with Crippen molar-refractivity contribution in [2.45, 2.75) is 63.7 Å². The molecule has 252 valence electrons. The van der Waals surface area contributed by atoms with Gasteiger partial charge in [0.15, 0.2) is 17.5 Å². The lowest BCUT2D eigenvalue weighted by Gasteiger charge is -2.42. The van der Waals surface area contributed by atoms with E-state index in [9.17, 15) is 0 Å². The maximum Gasteiger partial charge on any atom is 0.164 e. The quantitative estimate of drug-likeness (QED) is 0.188. The van der Waals surface area contributed by atoms with Gasteiger partial charge in [-0.15, -0.1) is 0 Å². The predicted molar refractivity (Wildman–Crippen MR) is 212 cm³/mol. The van der Waals surface area contributed by atoms with Crippen molar-refractivity contribution in [1.82, 2.24) is 15.0 Å². The monoisotopic (exact) mass is 671 g/mol. The number of benzene rings is 6. The molecule has 0 saturated carbocycles. The minimum atomic E-state index is -0.377. The van der Waals surface area contributed by atoms with Crippen molar-refractivity contribution in [2.24, 2.45) is 0 Å². The average Bonchev–Trinajstić information content (AvgIpc) is 3.64. The van der Waals surface area contributed by atoms with Crippen LogP contribution in [0.2, 0.25) is 0 Å². The van der Waals surface area contributed by atoms with E-state index in [0.717, 1.165) is 28.9 Å². The zero-order valence-electron chi connectivity index (χ0n) is 30.5. The molecule has 10 rings (SSSR count). The summed E-state index contributed by atoms with van der Waals surface area (Å²) in [7, 11) is 0. The maximum atomic E-state index is 5.31. The highest BCUT2D eigenvalue weighted by molar-refractivity contribution is 5.95. The third-order valence-electron chi connectivity index (χ3n) is 12.4. The summed E-state index contributed by atoms with van der Waals surface area (Å²) < 4.78 is 0. The Bertz CT molecular complexity index is 2550. The lowest BCUT2D eigenvalue weighted by molar-refractivity contribution is 0.332. The van der Waals surface area contributed by atoms with Crippen LogP contribution in [0.3, 0.4) is 0 Å². The number of aromatic nitrogens is 3. The Hall–Kier alpha value is -5.67. The van der Waals surface area contributed by atoms with Gasteiger partial charge in [-0.05, 0) is 104 Å². The van der Waals surface area contributed by atoms with E-state index in [-0.39, 0.29) is 16.2 Å². The molecule has 3 aliphatic rings. The summed E-state index contributed by atoms with van der Waals surface area (Å²) in [6.07, 6.45) is 2.33. The van der Waals surface area contributed by atoms with E-state index in [2.05, 4.69) is 162 Å². The minimum Gasteiger partial charge on any atom is -0.208 e. The molecule has 6 aromatic carbocycles. The van der Waals surface area contributed by atoms with Crippen LogP contribution in [-0.4, -0.2) is 15.0 Å². The van der Waals surface area contributed by atoms with E-state index in [1.54, 1.807) is 0 Å². The number of hydrogen-bond acceptors (Lipinski definition) is 3.